The minimum absolute atomic E-state index is 0.365. The van der Waals surface area contributed by atoms with Crippen LogP contribution in [0.25, 0.3) is 0 Å². The molecular weight excluding hydrogens is 366 g/mol. The predicted octanol–water partition coefficient (Wildman–Crippen LogP) is 5.30. The Balaban J connectivity index is 1.54. The van der Waals surface area contributed by atoms with Crippen LogP contribution in [0.3, 0.4) is 0 Å². The van der Waals surface area contributed by atoms with Gasteiger partial charge in [-0.25, -0.2) is 4.79 Å². The summed E-state index contributed by atoms with van der Waals surface area (Å²) in [7, 11) is 0. The molecule has 1 saturated carbocycles. The van der Waals surface area contributed by atoms with Crippen LogP contribution in [-0.4, -0.2) is 29.5 Å². The van der Waals surface area contributed by atoms with Crippen molar-refractivity contribution in [1.82, 2.24) is 0 Å². The largest absolute Gasteiger partial charge is 0.479 e. The highest BCUT2D eigenvalue weighted by Gasteiger charge is 2.22. The predicted molar refractivity (Wildman–Crippen MR) is 113 cm³/mol. The van der Waals surface area contributed by atoms with E-state index in [0.29, 0.717) is 31.1 Å². The van der Waals surface area contributed by atoms with Crippen LogP contribution in [0.5, 0.6) is 5.75 Å². The fourth-order valence-corrected chi connectivity index (χ4v) is 3.69. The molecule has 0 heterocycles. The van der Waals surface area contributed by atoms with E-state index in [1.54, 1.807) is 12.1 Å². The zero-order valence-corrected chi connectivity index (χ0v) is 16.7. The molecule has 2 aromatic rings. The first-order valence-corrected chi connectivity index (χ1v) is 10.4. The fourth-order valence-electron chi connectivity index (χ4n) is 3.69. The second-order valence-electron chi connectivity index (χ2n) is 7.41. The van der Waals surface area contributed by atoms with Gasteiger partial charge in [-0.2, -0.15) is 0 Å². The van der Waals surface area contributed by atoms with Gasteiger partial charge >= 0.3 is 5.97 Å². The van der Waals surface area contributed by atoms with E-state index >= 15 is 0 Å². The van der Waals surface area contributed by atoms with Crippen molar-refractivity contribution in [2.24, 2.45) is 11.1 Å². The molecule has 1 N–H and O–H groups in total. The van der Waals surface area contributed by atoms with Crippen LogP contribution in [0, 0.1) is 5.92 Å². The van der Waals surface area contributed by atoms with Crippen molar-refractivity contribution in [3.8, 4) is 5.75 Å². The Bertz CT molecular complexity index is 770. The monoisotopic (exact) mass is 395 g/mol. The second-order valence-corrected chi connectivity index (χ2v) is 7.41. The molecule has 3 rings (SSSR count). The van der Waals surface area contributed by atoms with Crippen LogP contribution in [-0.2, 0) is 9.63 Å². The number of hydrogen-bond acceptors (Lipinski definition) is 4. The van der Waals surface area contributed by atoms with Crippen LogP contribution in [0.2, 0.25) is 0 Å². The van der Waals surface area contributed by atoms with E-state index in [2.05, 4.69) is 17.3 Å². The van der Waals surface area contributed by atoms with E-state index in [0.717, 1.165) is 24.1 Å². The average Bonchev–Trinajstić information content (AvgIpc) is 2.77. The lowest BCUT2D eigenvalue weighted by molar-refractivity contribution is -0.145. The summed E-state index contributed by atoms with van der Waals surface area (Å²) in [5, 5.41) is 13.9. The normalized spacial score (nSPS) is 16.2. The number of carboxylic acid groups (broad SMARTS) is 1. The van der Waals surface area contributed by atoms with Gasteiger partial charge < -0.3 is 14.7 Å². The van der Waals surface area contributed by atoms with Crippen molar-refractivity contribution in [3.05, 3.63) is 66.2 Å². The number of rotatable bonds is 10. The summed E-state index contributed by atoms with van der Waals surface area (Å²) < 4.78 is 5.58. The second kappa shape index (κ2) is 11.2. The molecule has 0 saturated heterocycles. The Hall–Kier alpha value is -2.82. The molecule has 0 aliphatic heterocycles. The maximum Gasteiger partial charge on any atom is 0.344 e. The van der Waals surface area contributed by atoms with Crippen molar-refractivity contribution in [1.29, 1.82) is 0 Å². The summed E-state index contributed by atoms with van der Waals surface area (Å²) in [5.74, 6) is 0.0198. The molecule has 0 bridgehead atoms. The summed E-state index contributed by atoms with van der Waals surface area (Å²) >= 11 is 0. The van der Waals surface area contributed by atoms with E-state index in [1.807, 2.05) is 36.4 Å². The molecule has 1 fully saturated rings. The highest BCUT2D eigenvalue weighted by Crippen LogP contribution is 2.27. The van der Waals surface area contributed by atoms with Crippen LogP contribution in [0.15, 0.2) is 65.8 Å². The fraction of sp³-hybridized carbons (Fsp3) is 0.417. The maximum atomic E-state index is 11.5. The number of carboxylic acids is 1. The van der Waals surface area contributed by atoms with Crippen LogP contribution < -0.4 is 4.74 Å². The highest BCUT2D eigenvalue weighted by molar-refractivity contribution is 6.01. The Kier molecular flexibility index (Phi) is 8.11. The van der Waals surface area contributed by atoms with Gasteiger partial charge in [0.1, 0.15) is 12.4 Å². The van der Waals surface area contributed by atoms with Crippen molar-refractivity contribution in [2.75, 3.05) is 6.61 Å². The number of para-hydroxylation sites is 1. The third kappa shape index (κ3) is 6.63. The van der Waals surface area contributed by atoms with Crippen LogP contribution >= 0.6 is 0 Å². The number of carbonyl (C=O) groups is 1. The van der Waals surface area contributed by atoms with Gasteiger partial charge in [-0.15, -0.1) is 0 Å². The molecule has 0 spiro atoms. The van der Waals surface area contributed by atoms with E-state index in [4.69, 9.17) is 9.57 Å². The average molecular weight is 395 g/mol. The molecule has 2 aromatic carbocycles. The lowest BCUT2D eigenvalue weighted by Crippen LogP contribution is -2.27. The van der Waals surface area contributed by atoms with Crippen molar-refractivity contribution >= 4 is 11.7 Å². The lowest BCUT2D eigenvalue weighted by Gasteiger charge is -2.23. The molecule has 154 valence electrons. The van der Waals surface area contributed by atoms with Crippen molar-refractivity contribution in [3.63, 3.8) is 0 Å². The molecule has 5 nitrogen and oxygen atoms in total. The van der Waals surface area contributed by atoms with Gasteiger partial charge in [0.05, 0.1) is 5.71 Å². The topological polar surface area (TPSA) is 68.1 Å². The highest BCUT2D eigenvalue weighted by atomic mass is 16.6. The summed E-state index contributed by atoms with van der Waals surface area (Å²) in [4.78, 5) is 17.1. The molecule has 1 aliphatic rings. The summed E-state index contributed by atoms with van der Waals surface area (Å²) in [6.07, 6.45) is 6.06. The number of oxime groups is 1. The third-order valence-corrected chi connectivity index (χ3v) is 5.22. The molecule has 1 unspecified atom stereocenters. The molecule has 5 heteroatoms. The quantitative estimate of drug-likeness (QED) is 0.337. The number of ether oxygens (including phenoxy) is 1. The van der Waals surface area contributed by atoms with Gasteiger partial charge in [-0.1, -0.05) is 72.9 Å². The van der Waals surface area contributed by atoms with Crippen molar-refractivity contribution in [2.45, 2.75) is 51.0 Å². The number of aliphatic carboxylic acids is 1. The minimum atomic E-state index is -0.968. The molecule has 1 aliphatic carbocycles. The molecule has 0 radical (unpaired) electrons. The van der Waals surface area contributed by atoms with Gasteiger partial charge in [-0.05, 0) is 43.4 Å². The van der Waals surface area contributed by atoms with E-state index in [9.17, 15) is 9.90 Å². The van der Waals surface area contributed by atoms with E-state index in [1.165, 1.54) is 19.3 Å². The minimum Gasteiger partial charge on any atom is -0.479 e. The summed E-state index contributed by atoms with van der Waals surface area (Å²) in [6, 6.07) is 19.2. The smallest absolute Gasteiger partial charge is 0.344 e. The molecule has 29 heavy (non-hydrogen) atoms. The zero-order valence-electron chi connectivity index (χ0n) is 16.7. The van der Waals surface area contributed by atoms with Crippen molar-refractivity contribution < 1.29 is 19.5 Å². The summed E-state index contributed by atoms with van der Waals surface area (Å²) in [5.41, 5.74) is 2.12. The van der Waals surface area contributed by atoms with E-state index < -0.39 is 12.1 Å². The Morgan fingerprint density at radius 2 is 1.66 bits per heavy atom. The number of benzene rings is 2. The molecule has 1 atom stereocenters. The van der Waals surface area contributed by atoms with Gasteiger partial charge in [0, 0.05) is 5.92 Å². The SMILES string of the molecule is O=C(O)C(CCCON=C(c1ccccc1)C1CCCCC1)Oc1ccccc1. The maximum absolute atomic E-state index is 11.5. The molecule has 0 amide bonds. The standard InChI is InChI=1S/C24H29NO4/c26-24(27)22(29-21-15-8-3-9-16-21)17-10-18-28-25-23(19-11-4-1-5-12-19)20-13-6-2-7-14-20/h1,3-5,8-9,11-12,15-16,20,22H,2,6-7,10,13-14,17-18H2,(H,26,27). The third-order valence-electron chi connectivity index (χ3n) is 5.22. The van der Waals surface area contributed by atoms with Gasteiger partial charge in [0.15, 0.2) is 6.10 Å². The number of nitrogens with zero attached hydrogens (tertiary/aromatic N) is 1. The van der Waals surface area contributed by atoms with Gasteiger partial charge in [0.2, 0.25) is 0 Å². The zero-order chi connectivity index (χ0) is 20.3. The molecule has 0 aromatic heterocycles. The number of hydrogen-bond donors (Lipinski definition) is 1. The van der Waals surface area contributed by atoms with Gasteiger partial charge in [0.25, 0.3) is 0 Å². The Morgan fingerprint density at radius 3 is 2.31 bits per heavy atom. The first-order chi connectivity index (χ1) is 14.2. The van der Waals surface area contributed by atoms with Gasteiger partial charge in [-0.3, -0.25) is 0 Å². The Morgan fingerprint density at radius 1 is 1.00 bits per heavy atom. The Labute approximate surface area is 172 Å². The first-order valence-electron chi connectivity index (χ1n) is 10.4. The first kappa shape index (κ1) is 20.9. The summed E-state index contributed by atoms with van der Waals surface area (Å²) in [6.45, 7) is 0.366. The van der Waals surface area contributed by atoms with E-state index in [-0.39, 0.29) is 0 Å². The van der Waals surface area contributed by atoms with Crippen LogP contribution in [0.4, 0.5) is 0 Å². The van der Waals surface area contributed by atoms with Crippen LogP contribution in [0.1, 0.15) is 50.5 Å². The lowest BCUT2D eigenvalue weighted by atomic mass is 9.83. The molecular formula is C24H29NO4.